The first-order chi connectivity index (χ1) is 17.7. The number of fused-ring (bicyclic) bond motifs is 1. The first-order valence-electron chi connectivity index (χ1n) is 14.2. The largest absolute Gasteiger partial charge is 0.393 e. The Kier molecular flexibility index (Phi) is 12.3. The van der Waals surface area contributed by atoms with E-state index in [2.05, 4.69) is 38.6 Å². The third-order valence-corrected chi connectivity index (χ3v) is 6.83. The Bertz CT molecular complexity index is 1040. The molecule has 0 unspecified atom stereocenters. The number of nitrogen functional groups attached to an aromatic ring is 1. The highest BCUT2D eigenvalue weighted by molar-refractivity contribution is 5.94. The summed E-state index contributed by atoms with van der Waals surface area (Å²) in [5.41, 5.74) is 9.81. The molecule has 4 N–H and O–H groups in total. The van der Waals surface area contributed by atoms with Crippen molar-refractivity contribution in [3.05, 3.63) is 42.4 Å². The number of rotatable bonds is 18. The molecule has 1 aromatic carbocycles. The van der Waals surface area contributed by atoms with Crippen molar-refractivity contribution in [3.63, 3.8) is 0 Å². The van der Waals surface area contributed by atoms with Gasteiger partial charge in [-0.1, -0.05) is 96.5 Å². The highest BCUT2D eigenvalue weighted by Crippen LogP contribution is 2.29. The molecule has 0 aliphatic heterocycles. The van der Waals surface area contributed by atoms with E-state index in [0.29, 0.717) is 17.3 Å². The van der Waals surface area contributed by atoms with Crippen LogP contribution in [0.1, 0.15) is 103 Å². The molecule has 0 atom stereocenters. The summed E-state index contributed by atoms with van der Waals surface area (Å²) < 4.78 is 0. The number of hydrogen-bond acceptors (Lipinski definition) is 6. The summed E-state index contributed by atoms with van der Waals surface area (Å²) in [4.78, 5) is 13.3. The maximum absolute atomic E-state index is 6.39. The number of nitrogens with one attached hydrogen (secondary N) is 2. The lowest BCUT2D eigenvalue weighted by atomic mass is 10.0. The number of benzene rings is 1. The maximum Gasteiger partial charge on any atom is 0.159 e. The van der Waals surface area contributed by atoms with E-state index in [0.717, 1.165) is 35.2 Å². The van der Waals surface area contributed by atoms with E-state index in [-0.39, 0.29) is 0 Å². The Morgan fingerprint density at radius 2 is 1.33 bits per heavy atom. The second kappa shape index (κ2) is 16.0. The fraction of sp³-hybridized carbons (Fsp3) is 0.567. The fourth-order valence-corrected chi connectivity index (χ4v) is 4.66. The van der Waals surface area contributed by atoms with Crippen molar-refractivity contribution in [1.29, 1.82) is 0 Å². The van der Waals surface area contributed by atoms with Gasteiger partial charge in [-0.2, -0.15) is 0 Å². The van der Waals surface area contributed by atoms with Crippen molar-refractivity contribution in [2.75, 3.05) is 22.9 Å². The van der Waals surface area contributed by atoms with E-state index >= 15 is 0 Å². The molecule has 196 valence electrons. The first kappa shape index (κ1) is 27.7. The lowest BCUT2D eigenvalue weighted by Gasteiger charge is -2.14. The van der Waals surface area contributed by atoms with Gasteiger partial charge in [0.25, 0.3) is 0 Å². The smallest absolute Gasteiger partial charge is 0.159 e. The Hall–Kier alpha value is -2.89. The van der Waals surface area contributed by atoms with Crippen molar-refractivity contribution < 1.29 is 0 Å². The third kappa shape index (κ3) is 9.29. The molecule has 2 aromatic heterocycles. The van der Waals surface area contributed by atoms with Crippen LogP contribution in [-0.4, -0.2) is 21.5 Å². The average Bonchev–Trinajstić information content (AvgIpc) is 2.88. The molecular weight excluding hydrogens is 444 g/mol. The van der Waals surface area contributed by atoms with Crippen LogP contribution in [0.15, 0.2) is 36.7 Å². The van der Waals surface area contributed by atoms with Crippen LogP contribution in [-0.2, 0) is 0 Å². The summed E-state index contributed by atoms with van der Waals surface area (Å²) >= 11 is 0. The molecule has 0 saturated carbocycles. The summed E-state index contributed by atoms with van der Waals surface area (Å²) in [6, 6.07) is 10.1. The van der Waals surface area contributed by atoms with Crippen LogP contribution in [0.2, 0.25) is 0 Å². The number of nitrogens with zero attached hydrogens (tertiary/aromatic N) is 3. The van der Waals surface area contributed by atoms with Gasteiger partial charge in [-0.05, 0) is 37.6 Å². The van der Waals surface area contributed by atoms with E-state index in [1.165, 1.54) is 83.5 Å². The standard InChI is InChI=1S/C30H46N6/c1-3-4-5-6-7-8-9-10-11-12-13-14-15-16-22-32-29-28(31)30(34-23-33-29)36-27-19-17-18-26-25(27)21-20-24(2)35-26/h17-21,23H,3-16,22,31H2,1-2H3,(H2,32,33,34,36). The summed E-state index contributed by atoms with van der Waals surface area (Å²) in [7, 11) is 0. The quantitative estimate of drug-likeness (QED) is 0.155. The van der Waals surface area contributed by atoms with Gasteiger partial charge in [0.15, 0.2) is 11.6 Å². The van der Waals surface area contributed by atoms with Gasteiger partial charge in [-0.25, -0.2) is 9.97 Å². The second-order valence-electron chi connectivity index (χ2n) is 9.96. The molecule has 0 bridgehead atoms. The zero-order chi connectivity index (χ0) is 25.4. The van der Waals surface area contributed by atoms with Gasteiger partial charge in [0.2, 0.25) is 0 Å². The minimum atomic E-state index is 0.542. The maximum atomic E-state index is 6.39. The number of hydrogen-bond donors (Lipinski definition) is 3. The molecule has 0 saturated heterocycles. The van der Waals surface area contributed by atoms with Crippen LogP contribution >= 0.6 is 0 Å². The van der Waals surface area contributed by atoms with Gasteiger partial charge >= 0.3 is 0 Å². The molecule has 0 spiro atoms. The molecule has 0 aliphatic carbocycles. The van der Waals surface area contributed by atoms with Crippen molar-refractivity contribution in [3.8, 4) is 0 Å². The first-order valence-corrected chi connectivity index (χ1v) is 14.2. The van der Waals surface area contributed by atoms with Crippen LogP contribution in [0.4, 0.5) is 23.0 Å². The van der Waals surface area contributed by atoms with Gasteiger partial charge in [-0.3, -0.25) is 4.98 Å². The highest BCUT2D eigenvalue weighted by atomic mass is 15.1. The van der Waals surface area contributed by atoms with Gasteiger partial charge < -0.3 is 16.4 Å². The number of anilines is 4. The minimum absolute atomic E-state index is 0.542. The van der Waals surface area contributed by atoms with E-state index in [1.807, 2.05) is 31.2 Å². The Labute approximate surface area is 217 Å². The molecule has 0 aliphatic rings. The van der Waals surface area contributed by atoms with Crippen LogP contribution in [0.3, 0.4) is 0 Å². The van der Waals surface area contributed by atoms with E-state index in [4.69, 9.17) is 5.73 Å². The fourth-order valence-electron chi connectivity index (χ4n) is 4.66. The molecule has 36 heavy (non-hydrogen) atoms. The molecule has 0 fully saturated rings. The summed E-state index contributed by atoms with van der Waals surface area (Å²) in [6.07, 6.45) is 20.6. The topological polar surface area (TPSA) is 88.8 Å². The van der Waals surface area contributed by atoms with Crippen molar-refractivity contribution >= 4 is 33.9 Å². The number of aryl methyl sites for hydroxylation is 1. The molecule has 3 rings (SSSR count). The molecule has 2 heterocycles. The minimum Gasteiger partial charge on any atom is -0.393 e. The zero-order valence-corrected chi connectivity index (χ0v) is 22.5. The molecular formula is C30H46N6. The van der Waals surface area contributed by atoms with Crippen molar-refractivity contribution in [1.82, 2.24) is 15.0 Å². The van der Waals surface area contributed by atoms with Gasteiger partial charge in [0, 0.05) is 23.3 Å². The van der Waals surface area contributed by atoms with E-state index in [1.54, 1.807) is 6.33 Å². The lowest BCUT2D eigenvalue weighted by Crippen LogP contribution is -2.09. The predicted molar refractivity (Wildman–Crippen MR) is 155 cm³/mol. The molecule has 6 nitrogen and oxygen atoms in total. The highest BCUT2D eigenvalue weighted by Gasteiger charge is 2.10. The van der Waals surface area contributed by atoms with Crippen LogP contribution in [0.5, 0.6) is 0 Å². The Balaban J connectivity index is 1.31. The Morgan fingerprint density at radius 1 is 0.722 bits per heavy atom. The van der Waals surface area contributed by atoms with Crippen LogP contribution < -0.4 is 16.4 Å². The van der Waals surface area contributed by atoms with Gasteiger partial charge in [0.05, 0.1) is 5.52 Å². The average molecular weight is 491 g/mol. The van der Waals surface area contributed by atoms with Crippen LogP contribution in [0.25, 0.3) is 10.9 Å². The van der Waals surface area contributed by atoms with Gasteiger partial charge in [0.1, 0.15) is 12.0 Å². The van der Waals surface area contributed by atoms with Gasteiger partial charge in [-0.15, -0.1) is 0 Å². The Morgan fingerprint density at radius 3 is 2.00 bits per heavy atom. The predicted octanol–water partition coefficient (Wildman–Crippen LogP) is 8.55. The molecule has 3 aromatic rings. The summed E-state index contributed by atoms with van der Waals surface area (Å²) in [5, 5.41) is 7.81. The summed E-state index contributed by atoms with van der Waals surface area (Å²) in [6.45, 7) is 5.15. The number of pyridine rings is 1. The monoisotopic (exact) mass is 490 g/mol. The normalized spacial score (nSPS) is 11.2. The second-order valence-corrected chi connectivity index (χ2v) is 9.96. The number of unbranched alkanes of at least 4 members (excludes halogenated alkanes) is 13. The summed E-state index contributed by atoms with van der Waals surface area (Å²) in [5.74, 6) is 1.30. The lowest BCUT2D eigenvalue weighted by molar-refractivity contribution is 0.537. The molecule has 0 radical (unpaired) electrons. The van der Waals surface area contributed by atoms with E-state index < -0.39 is 0 Å². The van der Waals surface area contributed by atoms with Crippen molar-refractivity contribution in [2.24, 2.45) is 0 Å². The number of nitrogens with two attached hydrogens (primary N) is 1. The molecule has 0 amide bonds. The third-order valence-electron chi connectivity index (χ3n) is 6.83. The zero-order valence-electron chi connectivity index (χ0n) is 22.5. The SMILES string of the molecule is CCCCCCCCCCCCCCCCNc1ncnc(Nc2cccc3nc(C)ccc23)c1N. The number of aromatic nitrogens is 3. The molecule has 6 heteroatoms. The van der Waals surface area contributed by atoms with Crippen LogP contribution in [0, 0.1) is 6.92 Å². The van der Waals surface area contributed by atoms with Crippen molar-refractivity contribution in [2.45, 2.75) is 104 Å². The van der Waals surface area contributed by atoms with E-state index in [9.17, 15) is 0 Å².